The average molecular weight is 342 g/mol. The topological polar surface area (TPSA) is 58.2 Å². The van der Waals surface area contributed by atoms with Crippen LogP contribution in [-0.2, 0) is 4.79 Å². The fourth-order valence-electron chi connectivity index (χ4n) is 3.08. The molecular weight excluding hydrogens is 320 g/mol. The first-order valence-corrected chi connectivity index (χ1v) is 9.28. The Balaban J connectivity index is 1.64. The molecular formula is C19H22N2O2S. The molecule has 1 fully saturated rings. The van der Waals surface area contributed by atoms with Crippen molar-refractivity contribution in [3.05, 3.63) is 46.2 Å². The van der Waals surface area contributed by atoms with Crippen molar-refractivity contribution in [2.24, 2.45) is 5.92 Å². The van der Waals surface area contributed by atoms with Gasteiger partial charge in [0.05, 0.1) is 4.88 Å². The number of nitrogens with one attached hydrogen (secondary N) is 2. The molecule has 1 heterocycles. The summed E-state index contributed by atoms with van der Waals surface area (Å²) in [7, 11) is 0. The number of carbonyl (C=O) groups is 2. The number of thiophene rings is 1. The monoisotopic (exact) mass is 342 g/mol. The van der Waals surface area contributed by atoms with Gasteiger partial charge in [-0.3, -0.25) is 9.59 Å². The molecule has 0 unspecified atom stereocenters. The van der Waals surface area contributed by atoms with E-state index in [1.165, 1.54) is 17.8 Å². The number of hydrogen-bond acceptors (Lipinski definition) is 3. The molecule has 1 aliphatic carbocycles. The first-order valence-electron chi connectivity index (χ1n) is 8.40. The second-order valence-electron chi connectivity index (χ2n) is 6.29. The first kappa shape index (κ1) is 16.7. The number of anilines is 2. The zero-order valence-electron chi connectivity index (χ0n) is 13.8. The maximum absolute atomic E-state index is 12.4. The SMILES string of the molecule is Cc1cc(NC(=O)c2cccs2)ccc1NC(=O)C1CCCCC1. The predicted molar refractivity (Wildman–Crippen MR) is 98.7 cm³/mol. The Labute approximate surface area is 146 Å². The lowest BCUT2D eigenvalue weighted by Crippen LogP contribution is -2.25. The van der Waals surface area contributed by atoms with Crippen LogP contribution in [0, 0.1) is 12.8 Å². The van der Waals surface area contributed by atoms with E-state index in [0.717, 1.165) is 42.6 Å². The standard InChI is InChI=1S/C19H22N2O2S/c1-13-12-15(20-19(23)17-8-5-11-24-17)9-10-16(13)21-18(22)14-6-3-2-4-7-14/h5,8-12,14H,2-4,6-7H2,1H3,(H,20,23)(H,21,22). The maximum atomic E-state index is 12.4. The molecule has 2 aromatic rings. The van der Waals surface area contributed by atoms with Gasteiger partial charge in [0.1, 0.15) is 0 Å². The summed E-state index contributed by atoms with van der Waals surface area (Å²) in [6.07, 6.45) is 5.50. The number of benzene rings is 1. The molecule has 4 nitrogen and oxygen atoms in total. The van der Waals surface area contributed by atoms with E-state index in [-0.39, 0.29) is 17.7 Å². The van der Waals surface area contributed by atoms with Crippen molar-refractivity contribution < 1.29 is 9.59 Å². The molecule has 0 aliphatic heterocycles. The minimum absolute atomic E-state index is 0.108. The first-order chi connectivity index (χ1) is 11.6. The lowest BCUT2D eigenvalue weighted by molar-refractivity contribution is -0.120. The van der Waals surface area contributed by atoms with E-state index in [1.807, 2.05) is 36.6 Å². The highest BCUT2D eigenvalue weighted by Gasteiger charge is 2.21. The van der Waals surface area contributed by atoms with Crippen LogP contribution in [-0.4, -0.2) is 11.8 Å². The van der Waals surface area contributed by atoms with Crippen LogP contribution < -0.4 is 10.6 Å². The van der Waals surface area contributed by atoms with E-state index < -0.39 is 0 Å². The third-order valence-electron chi connectivity index (χ3n) is 4.46. The summed E-state index contributed by atoms with van der Waals surface area (Å²) in [5, 5.41) is 7.81. The van der Waals surface area contributed by atoms with Gasteiger partial charge in [-0.15, -0.1) is 11.3 Å². The van der Waals surface area contributed by atoms with Crippen LogP contribution in [0.2, 0.25) is 0 Å². The molecule has 0 radical (unpaired) electrons. The molecule has 1 aromatic carbocycles. The summed E-state index contributed by atoms with van der Waals surface area (Å²) in [5.41, 5.74) is 2.50. The Morgan fingerprint density at radius 3 is 2.54 bits per heavy atom. The Morgan fingerprint density at radius 2 is 1.88 bits per heavy atom. The molecule has 2 amide bonds. The highest BCUT2D eigenvalue weighted by molar-refractivity contribution is 7.12. The van der Waals surface area contributed by atoms with Crippen LogP contribution >= 0.6 is 11.3 Å². The van der Waals surface area contributed by atoms with Crippen LogP contribution in [0.1, 0.15) is 47.3 Å². The van der Waals surface area contributed by atoms with Gasteiger partial charge in [0.15, 0.2) is 0 Å². The van der Waals surface area contributed by atoms with Crippen molar-refractivity contribution in [3.8, 4) is 0 Å². The van der Waals surface area contributed by atoms with Gasteiger partial charge in [0.25, 0.3) is 5.91 Å². The van der Waals surface area contributed by atoms with Gasteiger partial charge >= 0.3 is 0 Å². The minimum Gasteiger partial charge on any atom is -0.326 e. The van der Waals surface area contributed by atoms with Crippen molar-refractivity contribution in [1.82, 2.24) is 0 Å². The van der Waals surface area contributed by atoms with E-state index in [9.17, 15) is 9.59 Å². The molecule has 1 saturated carbocycles. The molecule has 0 spiro atoms. The molecule has 0 bridgehead atoms. The molecule has 1 aromatic heterocycles. The van der Waals surface area contributed by atoms with E-state index in [1.54, 1.807) is 6.07 Å². The average Bonchev–Trinajstić information content (AvgIpc) is 3.13. The fraction of sp³-hybridized carbons (Fsp3) is 0.368. The quantitative estimate of drug-likeness (QED) is 0.836. The highest BCUT2D eigenvalue weighted by Crippen LogP contribution is 2.26. The summed E-state index contributed by atoms with van der Waals surface area (Å²) >= 11 is 1.41. The van der Waals surface area contributed by atoms with Crippen molar-refractivity contribution in [2.45, 2.75) is 39.0 Å². The molecule has 5 heteroatoms. The highest BCUT2D eigenvalue weighted by atomic mass is 32.1. The Bertz CT molecular complexity index is 719. The maximum Gasteiger partial charge on any atom is 0.265 e. The van der Waals surface area contributed by atoms with Crippen molar-refractivity contribution in [1.29, 1.82) is 0 Å². The Hall–Kier alpha value is -2.14. The van der Waals surface area contributed by atoms with Crippen LogP contribution in [0.5, 0.6) is 0 Å². The summed E-state index contributed by atoms with van der Waals surface area (Å²) < 4.78 is 0. The molecule has 0 saturated heterocycles. The summed E-state index contributed by atoms with van der Waals surface area (Å²) in [5.74, 6) is 0.146. The van der Waals surface area contributed by atoms with E-state index in [4.69, 9.17) is 0 Å². The van der Waals surface area contributed by atoms with Gasteiger partial charge in [-0.05, 0) is 55.0 Å². The zero-order valence-corrected chi connectivity index (χ0v) is 14.6. The van der Waals surface area contributed by atoms with E-state index in [0.29, 0.717) is 4.88 Å². The van der Waals surface area contributed by atoms with Gasteiger partial charge in [-0.1, -0.05) is 25.3 Å². The van der Waals surface area contributed by atoms with Crippen LogP contribution in [0.4, 0.5) is 11.4 Å². The van der Waals surface area contributed by atoms with Crippen LogP contribution in [0.25, 0.3) is 0 Å². The van der Waals surface area contributed by atoms with E-state index in [2.05, 4.69) is 10.6 Å². The molecule has 2 N–H and O–H groups in total. The predicted octanol–water partition coefficient (Wildman–Crippen LogP) is 4.83. The van der Waals surface area contributed by atoms with Gasteiger partial charge < -0.3 is 10.6 Å². The third kappa shape index (κ3) is 4.03. The van der Waals surface area contributed by atoms with Gasteiger partial charge in [-0.25, -0.2) is 0 Å². The van der Waals surface area contributed by atoms with Crippen molar-refractivity contribution >= 4 is 34.5 Å². The number of hydrogen-bond donors (Lipinski definition) is 2. The zero-order chi connectivity index (χ0) is 16.9. The van der Waals surface area contributed by atoms with E-state index >= 15 is 0 Å². The van der Waals surface area contributed by atoms with Crippen molar-refractivity contribution in [2.75, 3.05) is 10.6 Å². The largest absolute Gasteiger partial charge is 0.326 e. The second kappa shape index (κ2) is 7.62. The number of rotatable bonds is 4. The third-order valence-corrected chi connectivity index (χ3v) is 5.33. The molecule has 0 atom stereocenters. The second-order valence-corrected chi connectivity index (χ2v) is 7.23. The molecule has 24 heavy (non-hydrogen) atoms. The molecule has 1 aliphatic rings. The van der Waals surface area contributed by atoms with Gasteiger partial charge in [0, 0.05) is 17.3 Å². The summed E-state index contributed by atoms with van der Waals surface area (Å²) in [4.78, 5) is 25.1. The minimum atomic E-state index is -0.108. The number of amides is 2. The molecule has 3 rings (SSSR count). The number of carbonyl (C=O) groups excluding carboxylic acids is 2. The summed E-state index contributed by atoms with van der Waals surface area (Å²) in [6.45, 7) is 1.94. The summed E-state index contributed by atoms with van der Waals surface area (Å²) in [6, 6.07) is 9.23. The fourth-order valence-corrected chi connectivity index (χ4v) is 3.70. The normalized spacial score (nSPS) is 15.0. The Morgan fingerprint density at radius 1 is 1.08 bits per heavy atom. The lowest BCUT2D eigenvalue weighted by atomic mass is 9.88. The lowest BCUT2D eigenvalue weighted by Gasteiger charge is -2.21. The van der Waals surface area contributed by atoms with Crippen molar-refractivity contribution in [3.63, 3.8) is 0 Å². The number of aryl methyl sites for hydroxylation is 1. The van der Waals surface area contributed by atoms with Crippen LogP contribution in [0.15, 0.2) is 35.7 Å². The Kier molecular flexibility index (Phi) is 5.30. The smallest absolute Gasteiger partial charge is 0.265 e. The van der Waals surface area contributed by atoms with Crippen LogP contribution in [0.3, 0.4) is 0 Å². The van der Waals surface area contributed by atoms with Gasteiger partial charge in [-0.2, -0.15) is 0 Å². The van der Waals surface area contributed by atoms with Gasteiger partial charge in [0.2, 0.25) is 5.91 Å². The molecule has 126 valence electrons.